The van der Waals surface area contributed by atoms with Crippen molar-refractivity contribution >= 4 is 32.2 Å². The second-order valence-corrected chi connectivity index (χ2v) is 9.86. The Labute approximate surface area is 204 Å². The normalized spacial score (nSPS) is 12.5. The molecule has 0 spiro atoms. The van der Waals surface area contributed by atoms with Crippen molar-refractivity contribution in [1.29, 1.82) is 0 Å². The predicted molar refractivity (Wildman–Crippen MR) is 110 cm³/mol. The van der Waals surface area contributed by atoms with Crippen LogP contribution in [0, 0.1) is 0 Å². The minimum atomic E-state index is -6.14. The van der Waals surface area contributed by atoms with Gasteiger partial charge in [-0.15, -0.1) is 0 Å². The highest BCUT2D eigenvalue weighted by atomic mass is 32.2. The number of carbonyl (C=O) groups is 2. The highest BCUT2D eigenvalue weighted by Gasteiger charge is 2.49. The van der Waals surface area contributed by atoms with Gasteiger partial charge in [0.05, 0.1) is 14.2 Å². The van der Waals surface area contributed by atoms with Gasteiger partial charge in [-0.1, -0.05) is 12.1 Å². The van der Waals surface area contributed by atoms with E-state index < -0.39 is 65.8 Å². The third-order valence-electron chi connectivity index (χ3n) is 4.27. The Kier molecular flexibility index (Phi) is 8.38. The summed E-state index contributed by atoms with van der Waals surface area (Å²) in [7, 11) is -10.6. The molecule has 0 saturated carbocycles. The summed E-state index contributed by atoms with van der Waals surface area (Å²) >= 11 is 0. The summed E-state index contributed by atoms with van der Waals surface area (Å²) in [4.78, 5) is 24.0. The van der Waals surface area contributed by atoms with E-state index in [1.54, 1.807) is 0 Å². The van der Waals surface area contributed by atoms with Crippen LogP contribution in [0.2, 0.25) is 0 Å². The quantitative estimate of drug-likeness (QED) is 0.198. The predicted octanol–water partition coefficient (Wildman–Crippen LogP) is 3.31. The van der Waals surface area contributed by atoms with Gasteiger partial charge in [0.25, 0.3) is 0 Å². The molecule has 0 saturated heterocycles. The van der Waals surface area contributed by atoms with E-state index in [2.05, 4.69) is 17.8 Å². The van der Waals surface area contributed by atoms with Gasteiger partial charge in [-0.2, -0.15) is 43.2 Å². The lowest BCUT2D eigenvalue weighted by molar-refractivity contribution is -0.0505. The number of carbonyl (C=O) groups excluding carboxylic acids is 2. The fraction of sp³-hybridized carbons (Fsp3) is 0.263. The Morgan fingerprint density at radius 1 is 0.676 bits per heavy atom. The minimum absolute atomic E-state index is 0.101. The van der Waals surface area contributed by atoms with Crippen molar-refractivity contribution in [2.75, 3.05) is 14.2 Å². The number of benzene rings is 2. The molecule has 2 aromatic carbocycles. The first-order valence-electron chi connectivity index (χ1n) is 9.27. The molecule has 0 radical (unpaired) electrons. The lowest BCUT2D eigenvalue weighted by atomic mass is 10.00. The molecule has 10 nitrogen and oxygen atoms in total. The Hall–Kier alpha value is -3.54. The minimum Gasteiger partial charge on any atom is -0.465 e. The lowest BCUT2D eigenvalue weighted by Crippen LogP contribution is -2.28. The van der Waals surface area contributed by atoms with Gasteiger partial charge < -0.3 is 17.8 Å². The van der Waals surface area contributed by atoms with E-state index in [4.69, 9.17) is 0 Å². The number of halogens is 6. The zero-order valence-electron chi connectivity index (χ0n) is 18.3. The summed E-state index contributed by atoms with van der Waals surface area (Å²) in [5.74, 6) is -4.57. The maximum Gasteiger partial charge on any atom is 0.534 e. The van der Waals surface area contributed by atoms with Crippen molar-refractivity contribution in [3.63, 3.8) is 0 Å². The van der Waals surface area contributed by atoms with Gasteiger partial charge in [-0.3, -0.25) is 0 Å². The van der Waals surface area contributed by atoms with Gasteiger partial charge in [0.2, 0.25) is 0 Å². The molecule has 0 N–H and O–H groups in total. The zero-order chi connectivity index (χ0) is 28.4. The summed E-state index contributed by atoms with van der Waals surface area (Å²) in [6.07, 6.45) is -0.257. The Morgan fingerprint density at radius 3 is 1.27 bits per heavy atom. The van der Waals surface area contributed by atoms with Crippen LogP contribution >= 0.6 is 0 Å². The van der Waals surface area contributed by atoms with Crippen molar-refractivity contribution in [2.24, 2.45) is 0 Å². The smallest absolute Gasteiger partial charge is 0.465 e. The molecule has 18 heteroatoms. The van der Waals surface area contributed by atoms with Crippen LogP contribution < -0.4 is 8.37 Å². The van der Waals surface area contributed by atoms with Crippen molar-refractivity contribution in [2.45, 2.75) is 17.4 Å². The zero-order valence-corrected chi connectivity index (χ0v) is 20.0. The van der Waals surface area contributed by atoms with Crippen LogP contribution in [0.25, 0.3) is 0 Å². The maximum atomic E-state index is 12.7. The molecule has 0 bridgehead atoms. The average Bonchev–Trinajstić information content (AvgIpc) is 2.78. The van der Waals surface area contributed by atoms with Gasteiger partial charge in [-0.25, -0.2) is 9.59 Å². The van der Waals surface area contributed by atoms with Crippen LogP contribution in [0.15, 0.2) is 36.4 Å². The third kappa shape index (κ3) is 6.82. The highest BCUT2D eigenvalue weighted by molar-refractivity contribution is 7.88. The molecule has 0 aliphatic heterocycles. The van der Waals surface area contributed by atoms with Gasteiger partial charge in [-0.05, 0) is 41.8 Å². The molecule has 0 aliphatic carbocycles. The SMILES string of the molecule is COC(=O)c1cc(Cc2ccc(OS(=O)(=O)C(F)(F)F)c(C(=O)OC)c2)ccc1OS(=O)(=O)C(F)(F)F. The van der Waals surface area contributed by atoms with Crippen LogP contribution in [-0.4, -0.2) is 54.0 Å². The van der Waals surface area contributed by atoms with E-state index >= 15 is 0 Å². The maximum absolute atomic E-state index is 12.7. The van der Waals surface area contributed by atoms with Crippen LogP contribution in [0.3, 0.4) is 0 Å². The number of hydrogen-bond acceptors (Lipinski definition) is 10. The van der Waals surface area contributed by atoms with Crippen molar-refractivity contribution < 1.29 is 70.6 Å². The van der Waals surface area contributed by atoms with Crippen LogP contribution in [0.5, 0.6) is 11.5 Å². The van der Waals surface area contributed by atoms with E-state index in [0.717, 1.165) is 50.6 Å². The second-order valence-electron chi connectivity index (χ2n) is 6.79. The summed E-state index contributed by atoms with van der Waals surface area (Å²) in [5, 5.41) is 0. The third-order valence-corrected chi connectivity index (χ3v) is 6.20. The monoisotopic (exact) mass is 580 g/mol. The standard InChI is InChI=1S/C19H14F6O10S2/c1-32-16(26)12-8-10(3-5-14(12)34-36(28,29)18(20,21)22)7-11-4-6-15(13(9-11)17(27)33-2)35-37(30,31)19(23,24)25/h3-6,8-9H,7H2,1-2H3. The fourth-order valence-corrected chi connectivity index (χ4v) is 3.58. The number of alkyl halides is 6. The summed E-state index contributed by atoms with van der Waals surface area (Å²) in [6, 6.07) is 5.35. The molecule has 0 amide bonds. The van der Waals surface area contributed by atoms with Crippen molar-refractivity contribution in [3.05, 3.63) is 58.7 Å². The molecular weight excluding hydrogens is 566 g/mol. The molecule has 204 valence electrons. The second kappa shape index (κ2) is 10.4. The molecule has 37 heavy (non-hydrogen) atoms. The summed E-state index contributed by atoms with van der Waals surface area (Å²) in [5.41, 5.74) is -12.8. The van der Waals surface area contributed by atoms with Gasteiger partial charge >= 0.3 is 43.2 Å². The molecular formula is C19H14F6O10S2. The largest absolute Gasteiger partial charge is 0.534 e. The van der Waals surface area contributed by atoms with E-state index in [1.165, 1.54) is 0 Å². The molecule has 2 rings (SSSR count). The number of ether oxygens (including phenoxy) is 2. The van der Waals surface area contributed by atoms with Crippen molar-refractivity contribution in [1.82, 2.24) is 0 Å². The first-order chi connectivity index (χ1) is 16.8. The fourth-order valence-electron chi connectivity index (χ4n) is 2.63. The Morgan fingerprint density at radius 2 is 1.00 bits per heavy atom. The first kappa shape index (κ1) is 29.7. The molecule has 2 aromatic rings. The van der Waals surface area contributed by atoms with E-state index in [0.29, 0.717) is 0 Å². The van der Waals surface area contributed by atoms with E-state index in [-0.39, 0.29) is 17.5 Å². The molecule has 0 atom stereocenters. The molecule has 0 aliphatic rings. The average molecular weight is 580 g/mol. The van der Waals surface area contributed by atoms with Crippen molar-refractivity contribution in [3.8, 4) is 11.5 Å². The van der Waals surface area contributed by atoms with Crippen LogP contribution in [-0.2, 0) is 36.1 Å². The van der Waals surface area contributed by atoms with Crippen LogP contribution in [0.1, 0.15) is 31.8 Å². The Balaban J connectivity index is 2.49. The first-order valence-corrected chi connectivity index (χ1v) is 12.1. The lowest BCUT2D eigenvalue weighted by Gasteiger charge is -2.14. The summed E-state index contributed by atoms with van der Waals surface area (Å²) in [6.45, 7) is 0. The van der Waals surface area contributed by atoms with Gasteiger partial charge in [0.1, 0.15) is 11.1 Å². The summed E-state index contributed by atoms with van der Waals surface area (Å²) < 4.78 is 138. The number of rotatable bonds is 8. The molecule has 0 fully saturated rings. The van der Waals surface area contributed by atoms with Crippen LogP contribution in [0.4, 0.5) is 26.3 Å². The topological polar surface area (TPSA) is 139 Å². The Bertz CT molecular complexity index is 1310. The number of hydrogen-bond donors (Lipinski definition) is 0. The van der Waals surface area contributed by atoms with E-state index in [1.807, 2.05) is 0 Å². The number of esters is 2. The van der Waals surface area contributed by atoms with Gasteiger partial charge in [0.15, 0.2) is 11.5 Å². The number of methoxy groups -OCH3 is 2. The highest BCUT2D eigenvalue weighted by Crippen LogP contribution is 2.32. The van der Waals surface area contributed by atoms with Gasteiger partial charge in [0, 0.05) is 0 Å². The molecule has 0 unspecified atom stereocenters. The molecule has 0 heterocycles. The molecule has 0 aromatic heterocycles. The van der Waals surface area contributed by atoms with E-state index in [9.17, 15) is 52.8 Å².